The molecule has 11 heteroatoms. The molecule has 0 radical (unpaired) electrons. The van der Waals surface area contributed by atoms with Gasteiger partial charge in [0.25, 0.3) is 5.78 Å². The Bertz CT molecular complexity index is 1630. The number of aromatic nitrogens is 2. The summed E-state index contributed by atoms with van der Waals surface area (Å²) < 4.78 is 16.5. The standard InChI is InChI=1S/C29H25Cl2N3O6/c1-14(2)40-16-11-9-15(10-12-16)23-21(24(35)17-13-18(30)27(39-4)22(31)26(17)38-3)25(36)28(37)34(23)29-32-19-7-5-6-8-20(19)33-29/h5-14,23,35H,1-4H3,(H,32,33)/b24-21+. The third-order valence-corrected chi connectivity index (χ3v) is 7.04. The molecule has 1 amide bonds. The number of benzene rings is 3. The first kappa shape index (κ1) is 27.4. The lowest BCUT2D eigenvalue weighted by molar-refractivity contribution is -0.132. The number of aliphatic hydroxyl groups excluding tert-OH is 1. The molecule has 1 aliphatic rings. The van der Waals surface area contributed by atoms with Crippen molar-refractivity contribution in [1.82, 2.24) is 9.97 Å². The molecular weight excluding hydrogens is 557 g/mol. The summed E-state index contributed by atoms with van der Waals surface area (Å²) in [6.07, 6.45) is -0.0518. The molecule has 5 rings (SSSR count). The van der Waals surface area contributed by atoms with Gasteiger partial charge in [-0.2, -0.15) is 0 Å². The first-order chi connectivity index (χ1) is 19.2. The molecular formula is C29H25Cl2N3O6. The second kappa shape index (κ2) is 10.7. The number of H-pyrrole nitrogens is 1. The van der Waals surface area contributed by atoms with Crippen LogP contribution in [-0.2, 0) is 9.59 Å². The SMILES string of the molecule is COc1c(Cl)cc(/C(O)=C2\C(=O)C(=O)N(c3nc4ccccc4[nH]3)C2c2ccc(OC(C)C)cc2)c(OC)c1Cl. The monoisotopic (exact) mass is 581 g/mol. The number of rotatable bonds is 7. The van der Waals surface area contributed by atoms with Crippen molar-refractivity contribution in [3.8, 4) is 17.2 Å². The predicted molar refractivity (Wildman–Crippen MR) is 153 cm³/mol. The Morgan fingerprint density at radius 2 is 1.70 bits per heavy atom. The minimum Gasteiger partial charge on any atom is -0.507 e. The fraction of sp³-hybridized carbons (Fsp3) is 0.207. The van der Waals surface area contributed by atoms with E-state index in [1.165, 1.54) is 25.2 Å². The molecule has 3 aromatic carbocycles. The first-order valence-electron chi connectivity index (χ1n) is 12.3. The van der Waals surface area contributed by atoms with Crippen molar-refractivity contribution in [1.29, 1.82) is 0 Å². The summed E-state index contributed by atoms with van der Waals surface area (Å²) >= 11 is 12.8. The van der Waals surface area contributed by atoms with E-state index in [0.717, 1.165) is 0 Å². The summed E-state index contributed by atoms with van der Waals surface area (Å²) in [5.41, 5.74) is 1.63. The molecule has 1 saturated heterocycles. The van der Waals surface area contributed by atoms with Gasteiger partial charge in [-0.3, -0.25) is 14.5 Å². The molecule has 1 fully saturated rings. The highest BCUT2D eigenvalue weighted by atomic mass is 35.5. The minimum atomic E-state index is -1.06. The number of nitrogens with zero attached hydrogens (tertiary/aromatic N) is 2. The number of halogens is 2. The lowest BCUT2D eigenvalue weighted by atomic mass is 9.95. The van der Waals surface area contributed by atoms with Crippen LogP contribution in [0.2, 0.25) is 10.0 Å². The van der Waals surface area contributed by atoms with Crippen molar-refractivity contribution < 1.29 is 28.9 Å². The van der Waals surface area contributed by atoms with Crippen LogP contribution in [-0.4, -0.2) is 47.1 Å². The van der Waals surface area contributed by atoms with E-state index in [1.807, 2.05) is 32.0 Å². The Labute approximate surface area is 239 Å². The van der Waals surface area contributed by atoms with Gasteiger partial charge in [0.15, 0.2) is 11.5 Å². The van der Waals surface area contributed by atoms with E-state index in [9.17, 15) is 14.7 Å². The number of fused-ring (bicyclic) bond motifs is 1. The third-order valence-electron chi connectivity index (χ3n) is 6.41. The number of aliphatic hydroxyl groups is 1. The maximum absolute atomic E-state index is 13.6. The van der Waals surface area contributed by atoms with E-state index < -0.39 is 23.5 Å². The van der Waals surface area contributed by atoms with Crippen molar-refractivity contribution in [3.05, 3.63) is 81.3 Å². The van der Waals surface area contributed by atoms with Gasteiger partial charge in [-0.15, -0.1) is 0 Å². The highest BCUT2D eigenvalue weighted by molar-refractivity contribution is 6.51. The topological polar surface area (TPSA) is 114 Å². The smallest absolute Gasteiger partial charge is 0.302 e. The van der Waals surface area contributed by atoms with E-state index in [2.05, 4.69) is 9.97 Å². The maximum Gasteiger partial charge on any atom is 0.302 e. The summed E-state index contributed by atoms with van der Waals surface area (Å²) in [7, 11) is 2.74. The quantitative estimate of drug-likeness (QED) is 0.149. The second-order valence-electron chi connectivity index (χ2n) is 9.27. The zero-order chi connectivity index (χ0) is 28.7. The fourth-order valence-corrected chi connectivity index (χ4v) is 5.40. The Kier molecular flexibility index (Phi) is 7.35. The molecule has 40 heavy (non-hydrogen) atoms. The van der Waals surface area contributed by atoms with Crippen molar-refractivity contribution in [2.24, 2.45) is 0 Å². The molecule has 0 bridgehead atoms. The molecule has 4 aromatic rings. The molecule has 1 aromatic heterocycles. The molecule has 9 nitrogen and oxygen atoms in total. The second-order valence-corrected chi connectivity index (χ2v) is 10.1. The first-order valence-corrected chi connectivity index (χ1v) is 13.0. The normalized spacial score (nSPS) is 16.7. The van der Waals surface area contributed by atoms with Crippen molar-refractivity contribution in [2.45, 2.75) is 26.0 Å². The van der Waals surface area contributed by atoms with Crippen LogP contribution < -0.4 is 19.1 Å². The highest BCUT2D eigenvalue weighted by Crippen LogP contribution is 2.48. The van der Waals surface area contributed by atoms with E-state index in [0.29, 0.717) is 22.3 Å². The van der Waals surface area contributed by atoms with E-state index in [-0.39, 0.29) is 44.7 Å². The van der Waals surface area contributed by atoms with Crippen LogP contribution in [0.5, 0.6) is 17.2 Å². The number of para-hydroxylation sites is 2. The average Bonchev–Trinajstić information content (AvgIpc) is 3.46. The average molecular weight is 582 g/mol. The van der Waals surface area contributed by atoms with Crippen molar-refractivity contribution in [2.75, 3.05) is 19.1 Å². The van der Waals surface area contributed by atoms with Crippen LogP contribution in [0.3, 0.4) is 0 Å². The number of amides is 1. The Morgan fingerprint density at radius 3 is 2.33 bits per heavy atom. The largest absolute Gasteiger partial charge is 0.507 e. The van der Waals surface area contributed by atoms with Crippen LogP contribution in [0.4, 0.5) is 5.95 Å². The summed E-state index contributed by atoms with van der Waals surface area (Å²) in [6.45, 7) is 3.81. The molecule has 2 heterocycles. The number of carbonyl (C=O) groups is 2. The number of ether oxygens (including phenoxy) is 3. The Balaban J connectivity index is 1.74. The number of nitrogens with one attached hydrogen (secondary N) is 1. The highest BCUT2D eigenvalue weighted by Gasteiger charge is 2.48. The van der Waals surface area contributed by atoms with Gasteiger partial charge in [0.2, 0.25) is 5.95 Å². The molecule has 2 N–H and O–H groups in total. The number of anilines is 1. The summed E-state index contributed by atoms with van der Waals surface area (Å²) in [4.78, 5) is 36.0. The van der Waals surface area contributed by atoms with Gasteiger partial charge < -0.3 is 24.3 Å². The lowest BCUT2D eigenvalue weighted by Crippen LogP contribution is -2.30. The van der Waals surface area contributed by atoms with Crippen molar-refractivity contribution >= 4 is 57.6 Å². The number of carbonyl (C=O) groups excluding carboxylic acids is 2. The van der Waals surface area contributed by atoms with Gasteiger partial charge >= 0.3 is 5.91 Å². The van der Waals surface area contributed by atoms with Crippen LogP contribution in [0, 0.1) is 0 Å². The molecule has 1 aliphatic heterocycles. The number of aromatic amines is 1. The molecule has 0 aliphatic carbocycles. The minimum absolute atomic E-state index is 0.00250. The number of imidazole rings is 1. The van der Waals surface area contributed by atoms with Gasteiger partial charge in [-0.05, 0) is 49.7 Å². The lowest BCUT2D eigenvalue weighted by Gasteiger charge is -2.24. The Morgan fingerprint density at radius 1 is 1.02 bits per heavy atom. The van der Waals surface area contributed by atoms with Gasteiger partial charge in [0, 0.05) is 0 Å². The van der Waals surface area contributed by atoms with Gasteiger partial charge in [0.1, 0.15) is 16.5 Å². The van der Waals surface area contributed by atoms with Crippen LogP contribution in [0.25, 0.3) is 16.8 Å². The number of ketones is 1. The molecule has 206 valence electrons. The number of hydrogen-bond acceptors (Lipinski definition) is 7. The molecule has 0 saturated carbocycles. The summed E-state index contributed by atoms with van der Waals surface area (Å²) in [6, 6.07) is 14.5. The molecule has 1 atom stereocenters. The number of hydrogen-bond donors (Lipinski definition) is 2. The summed E-state index contributed by atoms with van der Waals surface area (Å²) in [5, 5.41) is 11.7. The zero-order valence-electron chi connectivity index (χ0n) is 22.0. The van der Waals surface area contributed by atoms with E-state index in [1.54, 1.807) is 30.3 Å². The van der Waals surface area contributed by atoms with E-state index >= 15 is 0 Å². The van der Waals surface area contributed by atoms with Crippen molar-refractivity contribution in [3.63, 3.8) is 0 Å². The number of methoxy groups -OCH3 is 2. The van der Waals surface area contributed by atoms with Crippen LogP contribution >= 0.6 is 23.2 Å². The summed E-state index contributed by atoms with van der Waals surface area (Å²) in [5.74, 6) is -1.41. The third kappa shape index (κ3) is 4.61. The zero-order valence-corrected chi connectivity index (χ0v) is 23.5. The number of Topliss-reactive ketones (excluding diaryl/α,β-unsaturated/α-hetero) is 1. The van der Waals surface area contributed by atoms with E-state index in [4.69, 9.17) is 37.4 Å². The van der Waals surface area contributed by atoms with Crippen LogP contribution in [0.15, 0.2) is 60.2 Å². The Hall–Kier alpha value is -4.21. The maximum atomic E-state index is 13.6. The van der Waals surface area contributed by atoms with Gasteiger partial charge in [0.05, 0.1) is 53.6 Å². The fourth-order valence-electron chi connectivity index (χ4n) is 4.71. The molecule has 1 unspecified atom stereocenters. The van der Waals surface area contributed by atoms with Gasteiger partial charge in [-0.25, -0.2) is 4.98 Å². The van der Waals surface area contributed by atoms with Gasteiger partial charge in [-0.1, -0.05) is 47.5 Å². The predicted octanol–water partition coefficient (Wildman–Crippen LogP) is 6.30. The molecule has 0 spiro atoms. The van der Waals surface area contributed by atoms with Crippen LogP contribution in [0.1, 0.15) is 31.0 Å².